The Labute approximate surface area is 141 Å². The van der Waals surface area contributed by atoms with Crippen LogP contribution in [0, 0.1) is 0 Å². The molecule has 0 bridgehead atoms. The van der Waals surface area contributed by atoms with Gasteiger partial charge in [0.2, 0.25) is 0 Å². The molecule has 0 N–H and O–H groups in total. The summed E-state index contributed by atoms with van der Waals surface area (Å²) in [6, 6.07) is 0. The van der Waals surface area contributed by atoms with E-state index in [1.165, 1.54) is 20.8 Å². The van der Waals surface area contributed by atoms with E-state index < -0.39 is 55.8 Å². The van der Waals surface area contributed by atoms with E-state index in [1.54, 1.807) is 0 Å². The molecule has 1 aliphatic heterocycles. The van der Waals surface area contributed by atoms with Gasteiger partial charge < -0.3 is 14.5 Å². The van der Waals surface area contributed by atoms with Gasteiger partial charge in [-0.2, -0.15) is 0 Å². The van der Waals surface area contributed by atoms with Gasteiger partial charge in [-0.25, -0.2) is 14.8 Å². The first-order valence-electron chi connectivity index (χ1n) is 10.5. The fourth-order valence-corrected chi connectivity index (χ4v) is 1.29. The van der Waals surface area contributed by atoms with Crippen molar-refractivity contribution in [2.24, 2.45) is 0 Å². The zero-order valence-corrected chi connectivity index (χ0v) is 12.6. The molecule has 0 unspecified atom stereocenters. The van der Waals surface area contributed by atoms with Crippen LogP contribution in [0.15, 0.2) is 16.9 Å². The first-order chi connectivity index (χ1) is 13.2. The first kappa shape index (κ1) is 6.60. The van der Waals surface area contributed by atoms with Crippen LogP contribution in [0.3, 0.4) is 0 Å². The van der Waals surface area contributed by atoms with Crippen LogP contribution in [0.4, 0.5) is 10.6 Å². The van der Waals surface area contributed by atoms with Crippen molar-refractivity contribution in [1.29, 1.82) is 0 Å². The van der Waals surface area contributed by atoms with Gasteiger partial charge in [0.25, 0.3) is 0 Å². The van der Waals surface area contributed by atoms with Gasteiger partial charge in [0.05, 0.1) is 26.1 Å². The quantitative estimate of drug-likeness (QED) is 0.775. The number of anilines is 1. The Bertz CT molecular complexity index is 848. The second-order valence-corrected chi connectivity index (χ2v) is 5.41. The Hall–Kier alpha value is -1.37. The number of hydrogen-bond donors (Lipinski definition) is 0. The largest absolute Gasteiger partial charge is 0.444 e. The van der Waals surface area contributed by atoms with Crippen LogP contribution in [0.5, 0.6) is 0 Å². The lowest BCUT2D eigenvalue weighted by Crippen LogP contribution is -2.50. The molecule has 0 radical (unpaired) electrons. The summed E-state index contributed by atoms with van der Waals surface area (Å²) in [6.07, 6.45) is -3.05. The highest BCUT2D eigenvalue weighted by atomic mass is 79.9. The van der Waals surface area contributed by atoms with E-state index in [1.807, 2.05) is 0 Å². The molecule has 110 valence electrons. The molecular weight excluding hydrogens is 324 g/mol. The number of piperazine rings is 1. The highest BCUT2D eigenvalue weighted by Gasteiger charge is 2.26. The lowest BCUT2D eigenvalue weighted by molar-refractivity contribution is 0.0240. The van der Waals surface area contributed by atoms with Crippen LogP contribution in [0.1, 0.15) is 34.5 Å². The number of aromatic nitrogens is 2. The van der Waals surface area contributed by atoms with Crippen molar-refractivity contribution in [3.05, 3.63) is 16.9 Å². The van der Waals surface area contributed by atoms with Crippen molar-refractivity contribution in [3.63, 3.8) is 0 Å². The molecule has 1 aliphatic rings. The Morgan fingerprint density at radius 2 is 2.00 bits per heavy atom. The number of nitrogens with zero attached hydrogens (tertiary/aromatic N) is 4. The molecule has 1 aromatic rings. The molecule has 0 aliphatic carbocycles. The van der Waals surface area contributed by atoms with Gasteiger partial charge in [-0.05, 0) is 36.7 Å². The maximum absolute atomic E-state index is 12.6. The molecule has 20 heavy (non-hydrogen) atoms. The van der Waals surface area contributed by atoms with Crippen LogP contribution < -0.4 is 4.90 Å². The third kappa shape index (κ3) is 4.06. The summed E-state index contributed by atoms with van der Waals surface area (Å²) in [7, 11) is 0. The molecule has 0 saturated carbocycles. The van der Waals surface area contributed by atoms with Gasteiger partial charge in [-0.15, -0.1) is 0 Å². The van der Waals surface area contributed by atoms with Crippen molar-refractivity contribution >= 4 is 27.8 Å². The molecule has 1 fully saturated rings. The lowest BCUT2D eigenvalue weighted by atomic mass is 10.2. The standard InChI is InChI=1S/C13H19BrN4O2/c1-13(2,3)20-12(19)18-6-4-17(5-7-18)11-9-15-10(14)8-16-11/h8-9H,4-7H2,1-3H3/i4D2,5D2,6D2,7D2,8D,9D. The summed E-state index contributed by atoms with van der Waals surface area (Å²) in [6.45, 7) is -9.62. The number of carbonyl (C=O) groups is 1. The molecule has 0 spiro atoms. The maximum atomic E-state index is 12.6. The average molecular weight is 353 g/mol. The van der Waals surface area contributed by atoms with E-state index in [2.05, 4.69) is 25.9 Å². The van der Waals surface area contributed by atoms with E-state index in [0.29, 0.717) is 0 Å². The normalized spacial score (nSPS) is 33.6. The minimum absolute atomic E-state index is 0.0410. The summed E-state index contributed by atoms with van der Waals surface area (Å²) in [5, 5.41) is 0. The summed E-state index contributed by atoms with van der Waals surface area (Å²) in [5.41, 5.74) is -1.20. The van der Waals surface area contributed by atoms with E-state index in [4.69, 9.17) is 18.4 Å². The monoisotopic (exact) mass is 352 g/mol. The van der Waals surface area contributed by atoms with E-state index >= 15 is 0 Å². The summed E-state index contributed by atoms with van der Waals surface area (Å²) < 4.78 is 86.3. The predicted molar refractivity (Wildman–Crippen MR) is 79.8 cm³/mol. The predicted octanol–water partition coefficient (Wildman–Crippen LogP) is 2.30. The zero-order valence-electron chi connectivity index (χ0n) is 21.0. The number of amides is 1. The number of ether oxygens (including phenoxy) is 1. The molecule has 6 nitrogen and oxygen atoms in total. The molecule has 7 heteroatoms. The fourth-order valence-electron chi connectivity index (χ4n) is 1.11. The summed E-state index contributed by atoms with van der Waals surface area (Å²) >= 11 is 2.86. The van der Waals surface area contributed by atoms with Crippen molar-refractivity contribution in [2.45, 2.75) is 26.4 Å². The Balaban J connectivity index is 2.78. The van der Waals surface area contributed by atoms with Crippen molar-refractivity contribution in [1.82, 2.24) is 14.9 Å². The average Bonchev–Trinajstić information content (AvgIpc) is 2.48. The number of carbonyl (C=O) groups excluding carboxylic acids is 1. The maximum Gasteiger partial charge on any atom is 0.410 e. The van der Waals surface area contributed by atoms with E-state index in [0.717, 1.165) is 0 Å². The molecule has 1 amide bonds. The smallest absolute Gasteiger partial charge is 0.410 e. The second kappa shape index (κ2) is 5.95. The van der Waals surface area contributed by atoms with Crippen LogP contribution in [-0.2, 0) is 4.74 Å². The van der Waals surface area contributed by atoms with E-state index in [9.17, 15) is 4.79 Å². The third-order valence-corrected chi connectivity index (χ3v) is 2.20. The molecule has 0 aromatic carbocycles. The van der Waals surface area contributed by atoms with Crippen molar-refractivity contribution < 1.29 is 23.2 Å². The van der Waals surface area contributed by atoms with Crippen LogP contribution in [-0.4, -0.2) is 52.5 Å². The van der Waals surface area contributed by atoms with Crippen molar-refractivity contribution in [3.8, 4) is 0 Å². The van der Waals surface area contributed by atoms with Gasteiger partial charge in [-0.3, -0.25) is 0 Å². The van der Waals surface area contributed by atoms with Crippen LogP contribution >= 0.6 is 15.9 Å². The molecule has 2 heterocycles. The van der Waals surface area contributed by atoms with E-state index in [-0.39, 0.29) is 14.4 Å². The highest BCUT2D eigenvalue weighted by Crippen LogP contribution is 2.16. The van der Waals surface area contributed by atoms with Crippen molar-refractivity contribution in [2.75, 3.05) is 30.9 Å². The lowest BCUT2D eigenvalue weighted by Gasteiger charge is -2.35. The second-order valence-electron chi connectivity index (χ2n) is 4.66. The van der Waals surface area contributed by atoms with Crippen LogP contribution in [0.25, 0.3) is 0 Å². The Kier molecular flexibility index (Phi) is 1.96. The summed E-state index contributed by atoms with van der Waals surface area (Å²) in [4.78, 5) is 19.5. The third-order valence-electron chi connectivity index (χ3n) is 1.84. The topological polar surface area (TPSA) is 58.6 Å². The number of hydrogen-bond acceptors (Lipinski definition) is 5. The molecule has 0 atom stereocenters. The molecule has 1 saturated heterocycles. The molecular formula is C13H19BrN4O2. The minimum Gasteiger partial charge on any atom is -0.444 e. The Morgan fingerprint density at radius 3 is 2.60 bits per heavy atom. The SMILES string of the molecule is [2H]c1nc(N2C([2H])([2H])C([2H])([2H])N(C(=O)OC(C)(C)C)C([2H])([2H])C2([2H])[2H])c([2H])nc1Br. The number of halogens is 1. The highest BCUT2D eigenvalue weighted by molar-refractivity contribution is 9.10. The minimum atomic E-state index is -3.49. The van der Waals surface area contributed by atoms with Gasteiger partial charge >= 0.3 is 6.09 Å². The summed E-state index contributed by atoms with van der Waals surface area (Å²) in [5.74, 6) is -0.908. The fraction of sp³-hybridized carbons (Fsp3) is 0.615. The van der Waals surface area contributed by atoms with Gasteiger partial charge in [-0.1, -0.05) is 0 Å². The number of rotatable bonds is 1. The Morgan fingerprint density at radius 1 is 1.35 bits per heavy atom. The zero-order chi connectivity index (χ0) is 23.7. The molecule has 1 aromatic heterocycles. The first-order valence-corrected chi connectivity index (χ1v) is 6.33. The van der Waals surface area contributed by atoms with Gasteiger partial charge in [0.15, 0.2) is 0 Å². The molecule has 2 rings (SSSR count). The van der Waals surface area contributed by atoms with Gasteiger partial charge in [0.1, 0.15) is 16.0 Å². The van der Waals surface area contributed by atoms with Crippen LogP contribution in [0.2, 0.25) is 0 Å². The van der Waals surface area contributed by atoms with Gasteiger partial charge in [0, 0.05) is 26.0 Å².